The molecule has 1 saturated heterocycles. The van der Waals surface area contributed by atoms with Gasteiger partial charge in [-0.3, -0.25) is 4.79 Å². The van der Waals surface area contributed by atoms with Crippen molar-refractivity contribution < 1.29 is 9.53 Å². The Morgan fingerprint density at radius 3 is 2.77 bits per heavy atom. The number of carbonyl (C=O) groups is 1. The molecule has 0 unspecified atom stereocenters. The van der Waals surface area contributed by atoms with Crippen LogP contribution in [0.15, 0.2) is 18.2 Å². The molecule has 0 saturated carbocycles. The van der Waals surface area contributed by atoms with Crippen LogP contribution in [-0.4, -0.2) is 55.5 Å². The first-order valence-corrected chi connectivity index (χ1v) is 8.47. The number of carbonyl (C=O) groups excluding carboxylic acids is 1. The second-order valence-corrected chi connectivity index (χ2v) is 6.40. The van der Waals surface area contributed by atoms with E-state index in [1.807, 2.05) is 25.2 Å². The molecule has 1 aromatic rings. The topological polar surface area (TPSA) is 32.8 Å². The second kappa shape index (κ2) is 7.14. The van der Waals surface area contributed by atoms with Gasteiger partial charge in [0.05, 0.1) is 6.61 Å². The van der Waals surface area contributed by atoms with Gasteiger partial charge in [0.25, 0.3) is 5.91 Å². The van der Waals surface area contributed by atoms with Crippen LogP contribution in [0.4, 0.5) is 0 Å². The van der Waals surface area contributed by atoms with Gasteiger partial charge in [-0.15, -0.1) is 0 Å². The number of likely N-dealkylation sites (N-methyl/N-ethyl adjacent to an activating group) is 1. The van der Waals surface area contributed by atoms with Gasteiger partial charge in [-0.2, -0.15) is 0 Å². The molecule has 3 rings (SSSR count). The van der Waals surface area contributed by atoms with Crippen molar-refractivity contribution in [3.63, 3.8) is 0 Å². The Morgan fingerprint density at radius 1 is 1.14 bits per heavy atom. The molecular formula is C18H26N2O2. The third kappa shape index (κ3) is 3.61. The number of amides is 1. The molecule has 1 amide bonds. The fourth-order valence-electron chi connectivity index (χ4n) is 3.32. The van der Waals surface area contributed by atoms with Crippen molar-refractivity contribution in [1.29, 1.82) is 0 Å². The van der Waals surface area contributed by atoms with Gasteiger partial charge in [0, 0.05) is 25.7 Å². The zero-order chi connectivity index (χ0) is 15.4. The Labute approximate surface area is 133 Å². The van der Waals surface area contributed by atoms with Crippen molar-refractivity contribution in [3.05, 3.63) is 29.3 Å². The highest BCUT2D eigenvalue weighted by atomic mass is 16.5. The summed E-state index contributed by atoms with van der Waals surface area (Å²) in [6, 6.07) is 5.95. The molecule has 1 fully saturated rings. The van der Waals surface area contributed by atoms with Crippen molar-refractivity contribution in [2.75, 3.05) is 39.8 Å². The first-order chi connectivity index (χ1) is 10.7. The summed E-state index contributed by atoms with van der Waals surface area (Å²) in [4.78, 5) is 16.5. The molecule has 2 aliphatic heterocycles. The second-order valence-electron chi connectivity index (χ2n) is 6.40. The summed E-state index contributed by atoms with van der Waals surface area (Å²) < 4.78 is 5.85. The zero-order valence-electron chi connectivity index (χ0n) is 13.5. The van der Waals surface area contributed by atoms with Crippen molar-refractivity contribution in [3.8, 4) is 5.75 Å². The number of benzene rings is 1. The highest BCUT2D eigenvalue weighted by molar-refractivity contribution is 5.97. The highest BCUT2D eigenvalue weighted by Crippen LogP contribution is 2.23. The number of piperidine rings is 1. The van der Waals surface area contributed by atoms with E-state index in [-0.39, 0.29) is 5.91 Å². The lowest BCUT2D eigenvalue weighted by Crippen LogP contribution is -2.34. The summed E-state index contributed by atoms with van der Waals surface area (Å²) in [6.45, 7) is 5.12. The zero-order valence-corrected chi connectivity index (χ0v) is 13.5. The minimum absolute atomic E-state index is 0.111. The predicted octanol–water partition coefficient (Wildman–Crippen LogP) is 2.57. The van der Waals surface area contributed by atoms with Gasteiger partial charge >= 0.3 is 0 Å². The van der Waals surface area contributed by atoms with E-state index >= 15 is 0 Å². The van der Waals surface area contributed by atoms with Gasteiger partial charge < -0.3 is 14.5 Å². The number of likely N-dealkylation sites (tertiary alicyclic amines) is 1. The first kappa shape index (κ1) is 15.3. The summed E-state index contributed by atoms with van der Waals surface area (Å²) in [5.41, 5.74) is 1.95. The predicted molar refractivity (Wildman–Crippen MR) is 87.5 cm³/mol. The molecule has 0 bridgehead atoms. The smallest absolute Gasteiger partial charge is 0.254 e. The maximum absolute atomic E-state index is 12.2. The van der Waals surface area contributed by atoms with Gasteiger partial charge in [0.1, 0.15) is 5.75 Å². The maximum atomic E-state index is 12.2. The van der Waals surface area contributed by atoms with E-state index in [2.05, 4.69) is 4.90 Å². The Bertz CT molecular complexity index is 524. The van der Waals surface area contributed by atoms with Crippen molar-refractivity contribution >= 4 is 5.91 Å². The first-order valence-electron chi connectivity index (χ1n) is 8.47. The molecule has 120 valence electrons. The van der Waals surface area contributed by atoms with Crippen molar-refractivity contribution in [2.45, 2.75) is 32.1 Å². The monoisotopic (exact) mass is 302 g/mol. The average Bonchev–Trinajstić information content (AvgIpc) is 2.56. The van der Waals surface area contributed by atoms with Crippen molar-refractivity contribution in [2.24, 2.45) is 0 Å². The fourth-order valence-corrected chi connectivity index (χ4v) is 3.32. The summed E-state index contributed by atoms with van der Waals surface area (Å²) >= 11 is 0. The number of fused-ring (bicyclic) bond motifs is 1. The number of hydrogen-bond acceptors (Lipinski definition) is 3. The van der Waals surface area contributed by atoms with E-state index in [4.69, 9.17) is 4.74 Å². The maximum Gasteiger partial charge on any atom is 0.254 e. The van der Waals surface area contributed by atoms with Crippen LogP contribution in [0.5, 0.6) is 5.75 Å². The van der Waals surface area contributed by atoms with Crippen LogP contribution in [0.2, 0.25) is 0 Å². The number of nitrogens with zero attached hydrogens (tertiary/aromatic N) is 2. The van der Waals surface area contributed by atoms with E-state index < -0.39 is 0 Å². The van der Waals surface area contributed by atoms with Crippen LogP contribution >= 0.6 is 0 Å². The van der Waals surface area contributed by atoms with Crippen LogP contribution in [0, 0.1) is 0 Å². The molecule has 4 nitrogen and oxygen atoms in total. The van der Waals surface area contributed by atoms with E-state index in [1.54, 1.807) is 4.90 Å². The molecule has 0 atom stereocenters. The van der Waals surface area contributed by atoms with E-state index in [9.17, 15) is 4.79 Å². The molecule has 1 aromatic carbocycles. The number of rotatable bonds is 5. The summed E-state index contributed by atoms with van der Waals surface area (Å²) in [6.07, 6.45) is 6.03. The molecule has 0 aliphatic carbocycles. The van der Waals surface area contributed by atoms with Gasteiger partial charge in [-0.25, -0.2) is 0 Å². The third-order valence-corrected chi connectivity index (χ3v) is 4.71. The summed E-state index contributed by atoms with van der Waals surface area (Å²) in [5.74, 6) is 0.932. The molecule has 0 radical (unpaired) electrons. The Balaban J connectivity index is 1.49. The van der Waals surface area contributed by atoms with Crippen molar-refractivity contribution in [1.82, 2.24) is 9.80 Å². The lowest BCUT2D eigenvalue weighted by molar-refractivity contribution is 0.0780. The minimum Gasteiger partial charge on any atom is -0.494 e. The van der Waals surface area contributed by atoms with Crippen LogP contribution < -0.4 is 4.74 Å². The fraction of sp³-hybridized carbons (Fsp3) is 0.611. The lowest BCUT2D eigenvalue weighted by atomic mass is 9.99. The van der Waals surface area contributed by atoms with Gasteiger partial charge in [0.15, 0.2) is 0 Å². The quantitative estimate of drug-likeness (QED) is 0.784. The Kier molecular flexibility index (Phi) is 4.98. The largest absolute Gasteiger partial charge is 0.494 e. The highest BCUT2D eigenvalue weighted by Gasteiger charge is 2.21. The normalized spacial score (nSPS) is 19.1. The Hall–Kier alpha value is -1.55. The average molecular weight is 302 g/mol. The van der Waals surface area contributed by atoms with Gasteiger partial charge in [-0.1, -0.05) is 12.5 Å². The molecule has 2 aliphatic rings. The van der Waals surface area contributed by atoms with E-state index in [1.165, 1.54) is 32.4 Å². The lowest BCUT2D eigenvalue weighted by Gasteiger charge is -2.26. The van der Waals surface area contributed by atoms with Gasteiger partial charge in [0.2, 0.25) is 0 Å². The van der Waals surface area contributed by atoms with Gasteiger partial charge in [-0.05, 0) is 56.5 Å². The van der Waals surface area contributed by atoms with E-state index in [0.29, 0.717) is 0 Å². The number of ether oxygens (including phenoxy) is 1. The molecule has 2 heterocycles. The SMILES string of the molecule is CN1CCc2ccc(OCCCN3CCCCC3)cc2C1=O. The van der Waals surface area contributed by atoms with Crippen LogP contribution in [0.1, 0.15) is 41.6 Å². The molecule has 4 heteroatoms. The van der Waals surface area contributed by atoms with E-state index in [0.717, 1.165) is 49.4 Å². The van der Waals surface area contributed by atoms with Crippen LogP contribution in [-0.2, 0) is 6.42 Å². The molecule has 0 aromatic heterocycles. The van der Waals surface area contributed by atoms with Crippen LogP contribution in [0.3, 0.4) is 0 Å². The summed E-state index contributed by atoms with van der Waals surface area (Å²) in [7, 11) is 1.86. The molecule has 0 N–H and O–H groups in total. The standard InChI is InChI=1S/C18H26N2O2/c1-19-12-8-15-6-7-16(14-17(15)18(19)21)22-13-5-11-20-9-3-2-4-10-20/h6-7,14H,2-5,8-13H2,1H3. The molecule has 22 heavy (non-hydrogen) atoms. The third-order valence-electron chi connectivity index (χ3n) is 4.71. The minimum atomic E-state index is 0.111. The molecule has 0 spiro atoms. The Morgan fingerprint density at radius 2 is 1.95 bits per heavy atom. The molecular weight excluding hydrogens is 276 g/mol. The van der Waals surface area contributed by atoms with Crippen LogP contribution in [0.25, 0.3) is 0 Å². The number of hydrogen-bond donors (Lipinski definition) is 0. The summed E-state index contributed by atoms with van der Waals surface area (Å²) in [5, 5.41) is 0.